The Balaban J connectivity index is 1.39. The molecule has 0 saturated carbocycles. The van der Waals surface area contributed by atoms with Gasteiger partial charge in [-0.3, -0.25) is 23.5 Å². The van der Waals surface area contributed by atoms with Gasteiger partial charge in [0.05, 0.1) is 31.5 Å². The molecular formula is C34H42N6O6. The third kappa shape index (κ3) is 6.87. The Morgan fingerprint density at radius 1 is 0.913 bits per heavy atom. The molecule has 3 saturated heterocycles. The van der Waals surface area contributed by atoms with Crippen LogP contribution in [0.4, 0.5) is 0 Å². The predicted octanol–water partition coefficient (Wildman–Crippen LogP) is 1.83. The van der Waals surface area contributed by atoms with Gasteiger partial charge in [-0.25, -0.2) is 4.79 Å². The molecule has 1 N–H and O–H groups in total. The number of nitrogens with one attached hydrogen (secondary N) is 1. The minimum Gasteiger partial charge on any atom is -0.484 e. The van der Waals surface area contributed by atoms with Crippen LogP contribution in [0.1, 0.15) is 41.9 Å². The number of imidazole rings is 1. The van der Waals surface area contributed by atoms with Crippen LogP contribution < -0.4 is 15.7 Å². The largest absolute Gasteiger partial charge is 0.484 e. The molecule has 3 aliphatic rings. The van der Waals surface area contributed by atoms with Crippen LogP contribution in [-0.2, 0) is 20.9 Å². The van der Waals surface area contributed by atoms with Crippen molar-refractivity contribution in [2.45, 2.75) is 32.4 Å². The van der Waals surface area contributed by atoms with Crippen LogP contribution in [0.15, 0.2) is 59.4 Å². The summed E-state index contributed by atoms with van der Waals surface area (Å²) in [5.74, 6) is 0.179. The average Bonchev–Trinajstić information content (AvgIpc) is 3.39. The first kappa shape index (κ1) is 31.6. The minimum absolute atomic E-state index is 0.0283. The third-order valence-electron chi connectivity index (χ3n) is 9.00. The number of hydrogen-bond acceptors (Lipinski definition) is 7. The van der Waals surface area contributed by atoms with Gasteiger partial charge in [0.25, 0.3) is 11.8 Å². The fourth-order valence-electron chi connectivity index (χ4n) is 6.57. The number of piperidine rings is 1. The van der Waals surface area contributed by atoms with Crippen molar-refractivity contribution in [3.8, 4) is 17.0 Å². The molecule has 0 radical (unpaired) electrons. The Morgan fingerprint density at radius 3 is 2.41 bits per heavy atom. The smallest absolute Gasteiger partial charge is 0.329 e. The SMILES string of the molecule is CC(=O)N1CCCC(n2c(-c3ccccc3)c(C(=O)N3CCNCC3)n(Cc3cccc(OCC(=O)N4CCOCC4)c3)c2=O)C1. The van der Waals surface area contributed by atoms with Gasteiger partial charge in [0.2, 0.25) is 5.91 Å². The molecule has 12 heteroatoms. The number of carbonyl (C=O) groups excluding carboxylic acids is 3. The van der Waals surface area contributed by atoms with E-state index in [1.165, 1.54) is 0 Å². The molecule has 0 spiro atoms. The lowest BCUT2D eigenvalue weighted by Gasteiger charge is -2.33. The number of ether oxygens (including phenoxy) is 2. The van der Waals surface area contributed by atoms with E-state index in [1.54, 1.807) is 36.8 Å². The van der Waals surface area contributed by atoms with Crippen LogP contribution in [0.5, 0.6) is 5.75 Å². The molecule has 46 heavy (non-hydrogen) atoms. The van der Waals surface area contributed by atoms with Crippen LogP contribution in [0.2, 0.25) is 0 Å². The van der Waals surface area contributed by atoms with E-state index >= 15 is 0 Å². The molecule has 4 heterocycles. The van der Waals surface area contributed by atoms with Crippen LogP contribution in [0.3, 0.4) is 0 Å². The molecule has 1 atom stereocenters. The summed E-state index contributed by atoms with van der Waals surface area (Å²) in [7, 11) is 0. The minimum atomic E-state index is -0.290. The Kier molecular flexibility index (Phi) is 9.84. The highest BCUT2D eigenvalue weighted by atomic mass is 16.5. The lowest BCUT2D eigenvalue weighted by molar-refractivity contribution is -0.137. The van der Waals surface area contributed by atoms with Crippen LogP contribution in [0, 0.1) is 0 Å². The molecule has 1 unspecified atom stereocenters. The standard InChI is InChI=1S/C34H42N6O6/c1-25(41)38-14-6-10-28(23-38)40-31(27-8-3-2-4-9-27)32(33(43)37-15-12-35-13-16-37)39(34(40)44)22-26-7-5-11-29(21-26)46-24-30(42)36-17-19-45-20-18-36/h2-5,7-9,11,21,28,35H,6,10,12-20,22-24H2,1H3. The molecule has 6 rings (SSSR count). The van der Waals surface area contributed by atoms with Crippen molar-refractivity contribution in [3.63, 3.8) is 0 Å². The monoisotopic (exact) mass is 630 g/mol. The number of aromatic nitrogens is 2. The average molecular weight is 631 g/mol. The summed E-state index contributed by atoms with van der Waals surface area (Å²) >= 11 is 0. The Labute approximate surface area is 268 Å². The van der Waals surface area contributed by atoms with Crippen molar-refractivity contribution in [2.75, 3.05) is 72.2 Å². The quantitative estimate of drug-likeness (QED) is 0.404. The summed E-state index contributed by atoms with van der Waals surface area (Å²) < 4.78 is 14.6. The maximum absolute atomic E-state index is 14.6. The highest BCUT2D eigenvalue weighted by molar-refractivity contribution is 5.99. The molecule has 244 valence electrons. The summed E-state index contributed by atoms with van der Waals surface area (Å²) in [5.41, 5.74) is 2.16. The lowest BCUT2D eigenvalue weighted by atomic mass is 10.0. The molecule has 0 aliphatic carbocycles. The van der Waals surface area contributed by atoms with Crippen molar-refractivity contribution in [2.24, 2.45) is 0 Å². The molecule has 1 aromatic heterocycles. The summed E-state index contributed by atoms with van der Waals surface area (Å²) in [6, 6.07) is 16.6. The van der Waals surface area contributed by atoms with Gasteiger partial charge >= 0.3 is 5.69 Å². The maximum atomic E-state index is 14.6. The zero-order valence-corrected chi connectivity index (χ0v) is 26.4. The second-order valence-corrected chi connectivity index (χ2v) is 12.0. The van der Waals surface area contributed by atoms with E-state index in [9.17, 15) is 19.2 Å². The predicted molar refractivity (Wildman–Crippen MR) is 172 cm³/mol. The van der Waals surface area contributed by atoms with Crippen molar-refractivity contribution >= 4 is 17.7 Å². The number of benzene rings is 2. The molecule has 0 bridgehead atoms. The Morgan fingerprint density at radius 2 is 1.67 bits per heavy atom. The van der Waals surface area contributed by atoms with E-state index in [1.807, 2.05) is 48.5 Å². The van der Waals surface area contributed by atoms with Crippen LogP contribution in [0.25, 0.3) is 11.3 Å². The van der Waals surface area contributed by atoms with E-state index in [2.05, 4.69) is 5.32 Å². The number of nitrogens with zero attached hydrogens (tertiary/aromatic N) is 5. The van der Waals surface area contributed by atoms with Crippen LogP contribution >= 0.6 is 0 Å². The highest BCUT2D eigenvalue weighted by Gasteiger charge is 2.34. The number of carbonyl (C=O) groups is 3. The summed E-state index contributed by atoms with van der Waals surface area (Å²) in [5, 5.41) is 3.30. The number of likely N-dealkylation sites (tertiary alicyclic amines) is 1. The number of piperazine rings is 1. The van der Waals surface area contributed by atoms with E-state index in [0.717, 1.165) is 24.0 Å². The zero-order chi connectivity index (χ0) is 32.0. The van der Waals surface area contributed by atoms with Gasteiger partial charge in [0.1, 0.15) is 11.4 Å². The number of amides is 3. The number of morpholine rings is 1. The van der Waals surface area contributed by atoms with Crippen molar-refractivity contribution in [1.29, 1.82) is 0 Å². The molecule has 3 amide bonds. The van der Waals surface area contributed by atoms with E-state index in [4.69, 9.17) is 9.47 Å². The van der Waals surface area contributed by atoms with Gasteiger partial charge in [-0.15, -0.1) is 0 Å². The van der Waals surface area contributed by atoms with Gasteiger partial charge in [0.15, 0.2) is 6.61 Å². The fourth-order valence-corrected chi connectivity index (χ4v) is 6.57. The molecular weight excluding hydrogens is 588 g/mol. The fraction of sp³-hybridized carbons (Fsp3) is 0.471. The second-order valence-electron chi connectivity index (χ2n) is 12.0. The normalized spacial score (nSPS) is 18.8. The molecule has 3 aliphatic heterocycles. The second kappa shape index (κ2) is 14.3. The number of hydrogen-bond donors (Lipinski definition) is 1. The van der Waals surface area contributed by atoms with Crippen molar-refractivity contribution in [3.05, 3.63) is 76.3 Å². The molecule has 3 fully saturated rings. The number of rotatable bonds is 8. The molecule has 3 aromatic rings. The maximum Gasteiger partial charge on any atom is 0.329 e. The molecule has 12 nitrogen and oxygen atoms in total. The topological polar surface area (TPSA) is 118 Å². The van der Waals surface area contributed by atoms with Crippen molar-refractivity contribution < 1.29 is 23.9 Å². The zero-order valence-electron chi connectivity index (χ0n) is 26.4. The summed E-state index contributed by atoms with van der Waals surface area (Å²) in [4.78, 5) is 59.4. The van der Waals surface area contributed by atoms with Gasteiger partial charge in [-0.1, -0.05) is 42.5 Å². The Bertz CT molecular complexity index is 1610. The van der Waals surface area contributed by atoms with Gasteiger partial charge < -0.3 is 29.5 Å². The van der Waals surface area contributed by atoms with Gasteiger partial charge in [0, 0.05) is 64.8 Å². The lowest BCUT2D eigenvalue weighted by Crippen LogP contribution is -2.47. The molecule has 2 aromatic carbocycles. The highest BCUT2D eigenvalue weighted by Crippen LogP contribution is 2.32. The Hall–Kier alpha value is -4.42. The van der Waals surface area contributed by atoms with E-state index in [-0.39, 0.29) is 42.6 Å². The van der Waals surface area contributed by atoms with Gasteiger partial charge in [-0.05, 0) is 30.5 Å². The first-order valence-electron chi connectivity index (χ1n) is 16.1. The van der Waals surface area contributed by atoms with Crippen LogP contribution in [-0.4, -0.2) is 114 Å². The first-order valence-corrected chi connectivity index (χ1v) is 16.1. The van der Waals surface area contributed by atoms with E-state index < -0.39 is 0 Å². The first-order chi connectivity index (χ1) is 22.4. The van der Waals surface area contributed by atoms with E-state index in [0.29, 0.717) is 82.7 Å². The third-order valence-corrected chi connectivity index (χ3v) is 9.00. The summed E-state index contributed by atoms with van der Waals surface area (Å²) in [6.07, 6.45) is 1.48. The van der Waals surface area contributed by atoms with Gasteiger partial charge in [-0.2, -0.15) is 0 Å². The summed E-state index contributed by atoms with van der Waals surface area (Å²) in [6.45, 7) is 7.19. The van der Waals surface area contributed by atoms with Crippen molar-refractivity contribution in [1.82, 2.24) is 29.2 Å².